The van der Waals surface area contributed by atoms with Gasteiger partial charge in [0.25, 0.3) is 5.91 Å². The number of aryl methyl sites for hydroxylation is 2. The number of carbonyl (C=O) groups is 1. The molecule has 0 aliphatic heterocycles. The summed E-state index contributed by atoms with van der Waals surface area (Å²) < 4.78 is 0. The second-order valence-electron chi connectivity index (χ2n) is 4.97. The molecule has 2 aromatic carbocycles. The Hall–Kier alpha value is -2.29. The maximum absolute atomic E-state index is 11.8. The first kappa shape index (κ1) is 14.1. The normalized spacial score (nSPS) is 10.2. The van der Waals surface area contributed by atoms with Gasteiger partial charge in [-0.25, -0.2) is 0 Å². The maximum atomic E-state index is 11.8. The molecule has 0 fully saturated rings. The number of hydrogen-bond donors (Lipinski definition) is 2. The summed E-state index contributed by atoms with van der Waals surface area (Å²) in [6.45, 7) is 4.89. The van der Waals surface area contributed by atoms with Crippen molar-refractivity contribution in [3.63, 3.8) is 0 Å². The van der Waals surface area contributed by atoms with Crippen molar-refractivity contribution in [2.75, 3.05) is 12.4 Å². The average molecular weight is 268 g/mol. The Labute approximate surface area is 120 Å². The van der Waals surface area contributed by atoms with Crippen LogP contribution in [0.1, 0.15) is 27.0 Å². The van der Waals surface area contributed by atoms with E-state index < -0.39 is 0 Å². The number of carbonyl (C=O) groups excluding carboxylic acids is 1. The van der Waals surface area contributed by atoms with Gasteiger partial charge in [-0.2, -0.15) is 0 Å². The van der Waals surface area contributed by atoms with Crippen molar-refractivity contribution in [3.8, 4) is 0 Å². The molecule has 0 atom stereocenters. The number of anilines is 1. The zero-order valence-corrected chi connectivity index (χ0v) is 12.2. The highest BCUT2D eigenvalue weighted by molar-refractivity contribution is 5.99. The van der Waals surface area contributed by atoms with E-state index in [0.717, 1.165) is 5.69 Å². The van der Waals surface area contributed by atoms with Crippen molar-refractivity contribution < 1.29 is 4.79 Å². The van der Waals surface area contributed by atoms with Gasteiger partial charge in [-0.1, -0.05) is 41.5 Å². The summed E-state index contributed by atoms with van der Waals surface area (Å²) >= 11 is 0. The van der Waals surface area contributed by atoms with Crippen molar-refractivity contribution in [2.24, 2.45) is 0 Å². The Morgan fingerprint density at radius 3 is 2.35 bits per heavy atom. The maximum Gasteiger partial charge on any atom is 0.253 e. The van der Waals surface area contributed by atoms with E-state index >= 15 is 0 Å². The van der Waals surface area contributed by atoms with Gasteiger partial charge in [-0.05, 0) is 31.5 Å². The minimum absolute atomic E-state index is 0.0754. The van der Waals surface area contributed by atoms with E-state index in [1.807, 2.05) is 24.3 Å². The van der Waals surface area contributed by atoms with E-state index in [2.05, 4.69) is 42.7 Å². The van der Waals surface area contributed by atoms with E-state index in [1.54, 1.807) is 7.05 Å². The zero-order chi connectivity index (χ0) is 14.5. The third kappa shape index (κ3) is 3.38. The highest BCUT2D eigenvalue weighted by Gasteiger charge is 2.08. The zero-order valence-electron chi connectivity index (χ0n) is 12.2. The van der Waals surface area contributed by atoms with Gasteiger partial charge in [0.05, 0.1) is 5.56 Å². The average Bonchev–Trinajstić information content (AvgIpc) is 2.43. The van der Waals surface area contributed by atoms with Crippen LogP contribution in [0, 0.1) is 13.8 Å². The van der Waals surface area contributed by atoms with Gasteiger partial charge in [0.15, 0.2) is 0 Å². The summed E-state index contributed by atoms with van der Waals surface area (Å²) in [5, 5.41) is 6.00. The molecule has 0 heterocycles. The summed E-state index contributed by atoms with van der Waals surface area (Å²) in [4.78, 5) is 11.8. The van der Waals surface area contributed by atoms with Crippen LogP contribution in [0.25, 0.3) is 0 Å². The highest BCUT2D eigenvalue weighted by Crippen LogP contribution is 2.17. The first-order valence-electron chi connectivity index (χ1n) is 6.72. The number of amides is 1. The molecule has 1 amide bonds. The molecule has 3 nitrogen and oxygen atoms in total. The van der Waals surface area contributed by atoms with E-state index in [1.165, 1.54) is 16.7 Å². The number of hydrogen-bond acceptors (Lipinski definition) is 2. The fraction of sp³-hybridized carbons (Fsp3) is 0.235. The fourth-order valence-corrected chi connectivity index (χ4v) is 2.34. The van der Waals surface area contributed by atoms with Gasteiger partial charge in [0.2, 0.25) is 0 Å². The van der Waals surface area contributed by atoms with Crippen LogP contribution in [0.2, 0.25) is 0 Å². The second kappa shape index (κ2) is 6.24. The van der Waals surface area contributed by atoms with Gasteiger partial charge >= 0.3 is 0 Å². The summed E-state index contributed by atoms with van der Waals surface area (Å²) in [6.07, 6.45) is 0. The topological polar surface area (TPSA) is 41.1 Å². The third-order valence-corrected chi connectivity index (χ3v) is 3.16. The minimum atomic E-state index is -0.0754. The number of benzene rings is 2. The minimum Gasteiger partial charge on any atom is -0.380 e. The van der Waals surface area contributed by atoms with Crippen LogP contribution in [-0.2, 0) is 6.54 Å². The van der Waals surface area contributed by atoms with E-state index in [4.69, 9.17) is 0 Å². The molecule has 0 bridgehead atoms. The summed E-state index contributed by atoms with van der Waals surface area (Å²) in [5.41, 5.74) is 5.24. The van der Waals surface area contributed by atoms with E-state index in [-0.39, 0.29) is 5.91 Å². The van der Waals surface area contributed by atoms with Crippen LogP contribution in [0.5, 0.6) is 0 Å². The molecule has 0 unspecified atom stereocenters. The second-order valence-corrected chi connectivity index (χ2v) is 4.97. The Morgan fingerprint density at radius 2 is 1.70 bits per heavy atom. The van der Waals surface area contributed by atoms with Crippen LogP contribution >= 0.6 is 0 Å². The Balaban J connectivity index is 2.16. The van der Waals surface area contributed by atoms with Crippen molar-refractivity contribution in [1.29, 1.82) is 0 Å². The lowest BCUT2D eigenvalue weighted by molar-refractivity contribution is 0.0964. The Bertz CT molecular complexity index is 600. The standard InChI is InChI=1S/C17H20N2O/c1-12-8-13(2)10-14(9-12)11-19-16-7-5-4-6-15(16)17(20)18-3/h4-10,19H,11H2,1-3H3,(H,18,20). The molecule has 3 heteroatoms. The van der Waals surface area contributed by atoms with Gasteiger partial charge in [0, 0.05) is 19.3 Å². The van der Waals surface area contributed by atoms with Crippen LogP contribution in [0.15, 0.2) is 42.5 Å². The summed E-state index contributed by atoms with van der Waals surface area (Å²) in [7, 11) is 1.64. The van der Waals surface area contributed by atoms with Crippen molar-refractivity contribution in [1.82, 2.24) is 5.32 Å². The Kier molecular flexibility index (Phi) is 4.41. The molecular weight excluding hydrogens is 248 g/mol. The third-order valence-electron chi connectivity index (χ3n) is 3.16. The summed E-state index contributed by atoms with van der Waals surface area (Å²) in [6, 6.07) is 14.0. The van der Waals surface area contributed by atoms with Crippen LogP contribution in [0.4, 0.5) is 5.69 Å². The lowest BCUT2D eigenvalue weighted by Crippen LogP contribution is -2.19. The number of rotatable bonds is 4. The van der Waals surface area contributed by atoms with Crippen molar-refractivity contribution in [3.05, 3.63) is 64.7 Å². The van der Waals surface area contributed by atoms with E-state index in [0.29, 0.717) is 12.1 Å². The lowest BCUT2D eigenvalue weighted by Gasteiger charge is -2.12. The van der Waals surface area contributed by atoms with Crippen molar-refractivity contribution in [2.45, 2.75) is 20.4 Å². The molecule has 0 spiro atoms. The predicted molar refractivity (Wildman–Crippen MR) is 83.1 cm³/mol. The van der Waals surface area contributed by atoms with Gasteiger partial charge < -0.3 is 10.6 Å². The van der Waals surface area contributed by atoms with Gasteiger partial charge in [-0.3, -0.25) is 4.79 Å². The lowest BCUT2D eigenvalue weighted by atomic mass is 10.1. The monoisotopic (exact) mass is 268 g/mol. The van der Waals surface area contributed by atoms with E-state index in [9.17, 15) is 4.79 Å². The SMILES string of the molecule is CNC(=O)c1ccccc1NCc1cc(C)cc(C)c1. The predicted octanol–water partition coefficient (Wildman–Crippen LogP) is 3.28. The molecule has 0 aliphatic carbocycles. The molecule has 0 radical (unpaired) electrons. The Morgan fingerprint density at radius 1 is 1.05 bits per heavy atom. The van der Waals surface area contributed by atoms with Crippen LogP contribution in [-0.4, -0.2) is 13.0 Å². The molecule has 2 rings (SSSR count). The van der Waals surface area contributed by atoms with Gasteiger partial charge in [-0.15, -0.1) is 0 Å². The molecule has 20 heavy (non-hydrogen) atoms. The molecule has 2 aromatic rings. The molecule has 104 valence electrons. The largest absolute Gasteiger partial charge is 0.380 e. The number of nitrogens with one attached hydrogen (secondary N) is 2. The first-order valence-corrected chi connectivity index (χ1v) is 6.72. The fourth-order valence-electron chi connectivity index (χ4n) is 2.34. The van der Waals surface area contributed by atoms with Crippen LogP contribution in [0.3, 0.4) is 0 Å². The molecule has 2 N–H and O–H groups in total. The number of para-hydroxylation sites is 1. The quantitative estimate of drug-likeness (QED) is 0.893. The van der Waals surface area contributed by atoms with Crippen molar-refractivity contribution >= 4 is 11.6 Å². The first-order chi connectivity index (χ1) is 9.60. The summed E-state index contributed by atoms with van der Waals surface area (Å²) in [5.74, 6) is -0.0754. The molecule has 0 aliphatic rings. The molecule has 0 saturated carbocycles. The smallest absolute Gasteiger partial charge is 0.253 e. The highest BCUT2D eigenvalue weighted by atomic mass is 16.1. The van der Waals surface area contributed by atoms with Crippen LogP contribution < -0.4 is 10.6 Å². The molecule has 0 saturated heterocycles. The molecular formula is C17H20N2O. The van der Waals surface area contributed by atoms with Gasteiger partial charge in [0.1, 0.15) is 0 Å². The molecule has 0 aromatic heterocycles.